The van der Waals surface area contributed by atoms with E-state index >= 15 is 0 Å². The molecule has 4 aromatic rings. The fourth-order valence-electron chi connectivity index (χ4n) is 2.56. The molecule has 0 fully saturated rings. The predicted molar refractivity (Wildman–Crippen MR) is 113 cm³/mol. The summed E-state index contributed by atoms with van der Waals surface area (Å²) in [5, 5.41) is 8.74. The highest BCUT2D eigenvalue weighted by Crippen LogP contribution is 2.20. The first kappa shape index (κ1) is 18.9. The van der Waals surface area contributed by atoms with Crippen LogP contribution in [0.3, 0.4) is 0 Å². The van der Waals surface area contributed by atoms with Crippen molar-refractivity contribution in [3.63, 3.8) is 0 Å². The summed E-state index contributed by atoms with van der Waals surface area (Å²) in [7, 11) is 0. The maximum atomic E-state index is 12.6. The standard InChI is InChI=1S/C19H14ClN5O3S/c1-10-21-15(9-29-10)17(26)25-18(22-12-4-2-3-11(20)7-12)23-13-5-6-14-16(8-13)28-19(27)24-14/h2-9H,1H3,(H,24,27)(H2,22,23,25,26). The highest BCUT2D eigenvalue weighted by Gasteiger charge is 2.13. The van der Waals surface area contributed by atoms with Crippen molar-refractivity contribution in [3.05, 3.63) is 74.1 Å². The topological polar surface area (TPSA) is 112 Å². The van der Waals surface area contributed by atoms with Crippen LogP contribution >= 0.6 is 22.9 Å². The van der Waals surface area contributed by atoms with Gasteiger partial charge in [0.2, 0.25) is 5.96 Å². The summed E-state index contributed by atoms with van der Waals surface area (Å²) >= 11 is 7.42. The summed E-state index contributed by atoms with van der Waals surface area (Å²) in [5.41, 5.74) is 2.32. The van der Waals surface area contributed by atoms with Crippen LogP contribution in [0.25, 0.3) is 11.1 Å². The van der Waals surface area contributed by atoms with Gasteiger partial charge in [0.25, 0.3) is 5.91 Å². The SMILES string of the molecule is Cc1nc(C(=O)NC(=Nc2ccc3[nH]c(=O)oc3c2)Nc2cccc(Cl)c2)cs1. The summed E-state index contributed by atoms with van der Waals surface area (Å²) in [6, 6.07) is 11.9. The van der Waals surface area contributed by atoms with Gasteiger partial charge in [0, 0.05) is 22.2 Å². The number of benzene rings is 2. The quantitative estimate of drug-likeness (QED) is 0.337. The minimum absolute atomic E-state index is 0.167. The zero-order chi connectivity index (χ0) is 20.4. The summed E-state index contributed by atoms with van der Waals surface area (Å²) < 4.78 is 5.06. The molecule has 0 saturated heterocycles. The first-order valence-corrected chi connectivity index (χ1v) is 9.70. The monoisotopic (exact) mass is 427 g/mol. The van der Waals surface area contributed by atoms with Gasteiger partial charge in [-0.15, -0.1) is 11.3 Å². The van der Waals surface area contributed by atoms with E-state index in [0.717, 1.165) is 5.01 Å². The van der Waals surface area contributed by atoms with Crippen molar-refractivity contribution in [2.45, 2.75) is 6.92 Å². The van der Waals surface area contributed by atoms with Crippen LogP contribution in [0.4, 0.5) is 11.4 Å². The molecule has 0 radical (unpaired) electrons. The van der Waals surface area contributed by atoms with E-state index in [9.17, 15) is 9.59 Å². The number of oxazole rings is 1. The van der Waals surface area contributed by atoms with Crippen molar-refractivity contribution in [1.82, 2.24) is 15.3 Å². The van der Waals surface area contributed by atoms with E-state index in [-0.39, 0.29) is 5.96 Å². The third-order valence-corrected chi connectivity index (χ3v) is 4.83. The molecule has 4 rings (SSSR count). The Labute approximate surface area is 173 Å². The fraction of sp³-hybridized carbons (Fsp3) is 0.0526. The van der Waals surface area contributed by atoms with E-state index in [1.807, 2.05) is 6.92 Å². The minimum Gasteiger partial charge on any atom is -0.408 e. The van der Waals surface area contributed by atoms with E-state index < -0.39 is 11.7 Å². The van der Waals surface area contributed by atoms with E-state index in [2.05, 4.69) is 25.6 Å². The number of aromatic amines is 1. The number of hydrogen-bond donors (Lipinski definition) is 3. The van der Waals surface area contributed by atoms with E-state index in [1.165, 1.54) is 11.3 Å². The first-order chi connectivity index (χ1) is 14.0. The Kier molecular flexibility index (Phi) is 5.15. The van der Waals surface area contributed by atoms with Crippen LogP contribution < -0.4 is 16.4 Å². The second-order valence-electron chi connectivity index (χ2n) is 6.00. The summed E-state index contributed by atoms with van der Waals surface area (Å²) in [4.78, 5) is 35.1. The van der Waals surface area contributed by atoms with Crippen LogP contribution in [-0.2, 0) is 0 Å². The molecule has 1 amide bonds. The summed E-state index contributed by atoms with van der Waals surface area (Å²) in [5.74, 6) is -0.789. The van der Waals surface area contributed by atoms with Crippen molar-refractivity contribution in [1.29, 1.82) is 0 Å². The molecule has 0 saturated carbocycles. The van der Waals surface area contributed by atoms with Gasteiger partial charge in [0.1, 0.15) is 5.69 Å². The largest absolute Gasteiger partial charge is 0.417 e. The van der Waals surface area contributed by atoms with Crippen LogP contribution in [0.1, 0.15) is 15.5 Å². The van der Waals surface area contributed by atoms with Gasteiger partial charge in [-0.1, -0.05) is 17.7 Å². The number of H-pyrrole nitrogens is 1. The Morgan fingerprint density at radius 1 is 1.28 bits per heavy atom. The van der Waals surface area contributed by atoms with Gasteiger partial charge in [-0.25, -0.2) is 14.8 Å². The van der Waals surface area contributed by atoms with Crippen LogP contribution in [-0.4, -0.2) is 21.8 Å². The number of carbonyl (C=O) groups is 1. The van der Waals surface area contributed by atoms with Crippen LogP contribution in [0, 0.1) is 6.92 Å². The van der Waals surface area contributed by atoms with Gasteiger partial charge in [-0.2, -0.15) is 0 Å². The van der Waals surface area contributed by atoms with E-state index in [0.29, 0.717) is 33.2 Å². The molecule has 10 heteroatoms. The number of carbonyl (C=O) groups excluding carboxylic acids is 1. The molecule has 29 heavy (non-hydrogen) atoms. The Morgan fingerprint density at radius 3 is 2.90 bits per heavy atom. The average Bonchev–Trinajstić information content (AvgIpc) is 3.26. The lowest BCUT2D eigenvalue weighted by atomic mass is 10.3. The zero-order valence-electron chi connectivity index (χ0n) is 15.0. The number of fused-ring (bicyclic) bond motifs is 1. The molecule has 0 bridgehead atoms. The molecule has 0 atom stereocenters. The highest BCUT2D eigenvalue weighted by atomic mass is 35.5. The number of nitrogens with one attached hydrogen (secondary N) is 3. The Hall–Kier alpha value is -3.43. The number of aliphatic imine (C=N–C) groups is 1. The van der Waals surface area contributed by atoms with Crippen molar-refractivity contribution < 1.29 is 9.21 Å². The van der Waals surface area contributed by atoms with Crippen LogP contribution in [0.2, 0.25) is 5.02 Å². The molecule has 8 nitrogen and oxygen atoms in total. The van der Waals surface area contributed by atoms with Gasteiger partial charge < -0.3 is 9.73 Å². The number of hydrogen-bond acceptors (Lipinski definition) is 6. The molecular formula is C19H14ClN5O3S. The average molecular weight is 428 g/mol. The molecule has 0 unspecified atom stereocenters. The van der Waals surface area contributed by atoms with Crippen molar-refractivity contribution in [3.8, 4) is 0 Å². The Bertz CT molecular complexity index is 1290. The molecule has 0 aliphatic heterocycles. The van der Waals surface area contributed by atoms with Gasteiger partial charge in [0.15, 0.2) is 5.58 Å². The predicted octanol–water partition coefficient (Wildman–Crippen LogP) is 4.07. The Morgan fingerprint density at radius 2 is 2.14 bits per heavy atom. The second-order valence-corrected chi connectivity index (χ2v) is 7.50. The molecule has 3 N–H and O–H groups in total. The fourth-order valence-corrected chi connectivity index (χ4v) is 3.35. The molecule has 2 aromatic heterocycles. The van der Waals surface area contributed by atoms with Gasteiger partial charge in [-0.3, -0.25) is 15.1 Å². The number of nitrogens with zero attached hydrogens (tertiary/aromatic N) is 2. The molecule has 0 aliphatic rings. The zero-order valence-corrected chi connectivity index (χ0v) is 16.6. The number of anilines is 1. The molecular weight excluding hydrogens is 414 g/mol. The number of guanidine groups is 1. The maximum Gasteiger partial charge on any atom is 0.417 e. The maximum absolute atomic E-state index is 12.6. The van der Waals surface area contributed by atoms with E-state index in [1.54, 1.807) is 47.8 Å². The molecule has 0 aliphatic carbocycles. The third-order valence-electron chi connectivity index (χ3n) is 3.82. The molecule has 146 valence electrons. The lowest BCUT2D eigenvalue weighted by Crippen LogP contribution is -2.36. The number of amides is 1. The number of halogens is 1. The Balaban J connectivity index is 1.68. The van der Waals surface area contributed by atoms with Gasteiger partial charge in [0.05, 0.1) is 16.2 Å². The summed E-state index contributed by atoms with van der Waals surface area (Å²) in [6.07, 6.45) is 0. The second kappa shape index (κ2) is 7.90. The highest BCUT2D eigenvalue weighted by molar-refractivity contribution is 7.09. The first-order valence-electron chi connectivity index (χ1n) is 8.44. The van der Waals surface area contributed by atoms with Gasteiger partial charge >= 0.3 is 5.76 Å². The number of thiazole rings is 1. The van der Waals surface area contributed by atoms with E-state index in [4.69, 9.17) is 16.0 Å². The van der Waals surface area contributed by atoms with Crippen molar-refractivity contribution >= 4 is 57.3 Å². The van der Waals surface area contributed by atoms with Crippen molar-refractivity contribution in [2.75, 3.05) is 5.32 Å². The molecule has 0 spiro atoms. The normalized spacial score (nSPS) is 11.6. The van der Waals surface area contributed by atoms with Crippen LogP contribution in [0.15, 0.2) is 62.0 Å². The number of aromatic nitrogens is 2. The van der Waals surface area contributed by atoms with Crippen LogP contribution in [0.5, 0.6) is 0 Å². The lowest BCUT2D eigenvalue weighted by molar-refractivity contribution is 0.0972. The molecule has 2 heterocycles. The number of rotatable bonds is 3. The summed E-state index contributed by atoms with van der Waals surface area (Å²) in [6.45, 7) is 1.82. The van der Waals surface area contributed by atoms with Crippen molar-refractivity contribution in [2.24, 2.45) is 4.99 Å². The third kappa shape index (κ3) is 4.53. The lowest BCUT2D eigenvalue weighted by Gasteiger charge is -2.11. The number of aryl methyl sites for hydroxylation is 1. The smallest absolute Gasteiger partial charge is 0.408 e. The minimum atomic E-state index is -0.550. The molecule has 2 aromatic carbocycles. The van der Waals surface area contributed by atoms with Gasteiger partial charge in [-0.05, 0) is 37.3 Å².